The van der Waals surface area contributed by atoms with Crippen LogP contribution in [0, 0.1) is 60.0 Å². The van der Waals surface area contributed by atoms with Gasteiger partial charge in [-0.15, -0.1) is 0 Å². The fourth-order valence-electron chi connectivity index (χ4n) is 2.77. The maximum Gasteiger partial charge on any atom is 0.224 e. The van der Waals surface area contributed by atoms with Gasteiger partial charge in [0, 0.05) is 57.4 Å². The van der Waals surface area contributed by atoms with Gasteiger partial charge >= 0.3 is 0 Å². The van der Waals surface area contributed by atoms with Crippen molar-refractivity contribution in [3.8, 4) is 0 Å². The van der Waals surface area contributed by atoms with E-state index in [1.54, 1.807) is 11.3 Å². The van der Waals surface area contributed by atoms with Gasteiger partial charge in [-0.1, -0.05) is 53.4 Å². The number of hydrogen-bond donors (Lipinski definition) is 1. The van der Waals surface area contributed by atoms with E-state index in [1.165, 1.54) is 0 Å². The monoisotopic (exact) mass is 538 g/mol. The summed E-state index contributed by atoms with van der Waals surface area (Å²) in [6.07, 6.45) is 3.49. The first kappa shape index (κ1) is 22.2. The van der Waals surface area contributed by atoms with E-state index in [0.717, 1.165) is 26.5 Å². The molecule has 3 aromatic rings. The maximum absolute atomic E-state index is 12.5. The van der Waals surface area contributed by atoms with Crippen LogP contribution in [0.15, 0.2) is 59.6 Å². The van der Waals surface area contributed by atoms with E-state index < -0.39 is 0 Å². The molecule has 1 atom stereocenters. The normalized spacial score (nSPS) is 12.3. The number of aromatic nitrogens is 1. The number of amides is 1. The van der Waals surface area contributed by atoms with E-state index in [9.17, 15) is 4.79 Å². The number of carbonyl (C=O) groups is 1. The summed E-state index contributed by atoms with van der Waals surface area (Å²) in [6.45, 7) is 4.00. The van der Waals surface area contributed by atoms with E-state index in [-0.39, 0.29) is 58.9 Å². The van der Waals surface area contributed by atoms with Crippen molar-refractivity contribution in [1.82, 2.24) is 9.88 Å². The number of para-hydroxylation sites is 1. The first-order valence-electron chi connectivity index (χ1n) is 8.55. The van der Waals surface area contributed by atoms with Gasteiger partial charge in [0.25, 0.3) is 0 Å². The third-order valence-electron chi connectivity index (χ3n) is 4.09. The van der Waals surface area contributed by atoms with Gasteiger partial charge in [0.1, 0.15) is 0 Å². The van der Waals surface area contributed by atoms with Crippen LogP contribution in [0.2, 0.25) is 0 Å². The van der Waals surface area contributed by atoms with Crippen LogP contribution >= 0.6 is 11.3 Å². The Balaban J connectivity index is 0.00000261. The molecule has 3 rings (SSSR count). The van der Waals surface area contributed by atoms with Crippen molar-refractivity contribution in [2.75, 3.05) is 0 Å². The van der Waals surface area contributed by atoms with Gasteiger partial charge < -0.3 is 14.9 Å². The Labute approximate surface area is 202 Å². The molecule has 6 heteroatoms. The molecule has 1 unspecified atom stereocenters. The second-order valence-corrected chi connectivity index (χ2v) is 7.41. The zero-order valence-corrected chi connectivity index (χ0v) is 18.0. The van der Waals surface area contributed by atoms with Crippen LogP contribution in [0.25, 0.3) is 0 Å². The topological polar surface area (TPSA) is 46.4 Å². The molecule has 0 spiro atoms. The van der Waals surface area contributed by atoms with Crippen LogP contribution < -0.4 is 10.1 Å². The average Bonchev–Trinajstić information content (AvgIpc) is 2.94. The molecule has 148 valence electrons. The first-order chi connectivity index (χ1) is 12.5. The van der Waals surface area contributed by atoms with Crippen molar-refractivity contribution >= 4 is 22.9 Å². The minimum absolute atomic E-state index is 0. The summed E-state index contributed by atoms with van der Waals surface area (Å²) >= 11 is 1.58. The van der Waals surface area contributed by atoms with Crippen molar-refractivity contribution in [2.24, 2.45) is 12.0 Å². The Morgan fingerprint density at radius 2 is 1.85 bits per heavy atom. The standard InChI is InChI=1S/C21H22N3OS.Yb/c1-15-14-24(3)21(26-15)23-19-12-8-7-11-18(19)13-20(25)22-16(2)17-9-5-4-6-10-17;/h4-12,16H,13H2,1-3H3,(H,22,25);/q-1;. The second-order valence-electron chi connectivity index (χ2n) is 6.23. The molecule has 2 aromatic carbocycles. The molecule has 0 fully saturated rings. The Hall–Kier alpha value is -1.14. The van der Waals surface area contributed by atoms with Crippen molar-refractivity contribution in [2.45, 2.75) is 26.3 Å². The fraction of sp³-hybridized carbons (Fsp3) is 0.238. The van der Waals surface area contributed by atoms with Crippen LogP contribution in [0.3, 0.4) is 0 Å². The van der Waals surface area contributed by atoms with E-state index in [0.29, 0.717) is 6.42 Å². The number of aryl methyl sites for hydroxylation is 2. The molecule has 0 radical (unpaired) electrons. The minimum Gasteiger partial charge on any atom is -0.490 e. The summed E-state index contributed by atoms with van der Waals surface area (Å²) in [6, 6.07) is 17.7. The predicted octanol–water partition coefficient (Wildman–Crippen LogP) is 3.85. The SMILES string of the molecule is Cc1[c-]n(C)c(=Nc2ccccc2CC(=O)NC(C)c2ccccc2)s1.[Yb]. The molecule has 4 nitrogen and oxygen atoms in total. The number of thiazole rings is 1. The van der Waals surface area contributed by atoms with Gasteiger partial charge in [-0.2, -0.15) is 6.20 Å². The summed E-state index contributed by atoms with van der Waals surface area (Å²) < 4.78 is 1.88. The van der Waals surface area contributed by atoms with Crippen LogP contribution in [0.4, 0.5) is 5.69 Å². The molecule has 27 heavy (non-hydrogen) atoms. The first-order valence-corrected chi connectivity index (χ1v) is 9.37. The van der Waals surface area contributed by atoms with E-state index in [2.05, 4.69) is 11.5 Å². The van der Waals surface area contributed by atoms with Crippen LogP contribution in [-0.4, -0.2) is 10.5 Å². The molecule has 0 aliphatic rings. The van der Waals surface area contributed by atoms with Crippen molar-refractivity contribution in [3.05, 3.63) is 81.6 Å². The van der Waals surface area contributed by atoms with Gasteiger partial charge in [-0.05, 0) is 38.1 Å². The number of rotatable bonds is 5. The zero-order valence-electron chi connectivity index (χ0n) is 15.5. The Kier molecular flexibility index (Phi) is 8.55. The third kappa shape index (κ3) is 6.18. The fourth-order valence-corrected chi connectivity index (χ4v) is 3.56. The molecule has 0 saturated carbocycles. The largest absolute Gasteiger partial charge is 0.490 e. The quantitative estimate of drug-likeness (QED) is 0.494. The Morgan fingerprint density at radius 3 is 2.52 bits per heavy atom. The van der Waals surface area contributed by atoms with Crippen LogP contribution in [0.5, 0.6) is 0 Å². The maximum atomic E-state index is 12.5. The molecule has 1 heterocycles. The van der Waals surface area contributed by atoms with Gasteiger partial charge in [0.15, 0.2) is 0 Å². The van der Waals surface area contributed by atoms with Crippen molar-refractivity contribution < 1.29 is 51.7 Å². The zero-order chi connectivity index (χ0) is 18.5. The molecular formula is C21H22N3OSYb-. The molecule has 0 bridgehead atoms. The Bertz CT molecular complexity index is 963. The molecule has 0 saturated heterocycles. The summed E-state index contributed by atoms with van der Waals surface area (Å²) in [5.41, 5.74) is 2.83. The molecule has 0 aliphatic carbocycles. The average molecular weight is 538 g/mol. The second kappa shape index (κ2) is 10.4. The van der Waals surface area contributed by atoms with Crippen molar-refractivity contribution in [1.29, 1.82) is 0 Å². The smallest absolute Gasteiger partial charge is 0.224 e. The summed E-state index contributed by atoms with van der Waals surface area (Å²) in [5.74, 6) is -0.0118. The number of nitrogens with one attached hydrogen (secondary N) is 1. The number of nitrogens with zero attached hydrogens (tertiary/aromatic N) is 2. The summed E-state index contributed by atoms with van der Waals surface area (Å²) in [7, 11) is 1.93. The Morgan fingerprint density at radius 1 is 1.19 bits per heavy atom. The predicted molar refractivity (Wildman–Crippen MR) is 105 cm³/mol. The van der Waals surface area contributed by atoms with Crippen LogP contribution in [0.1, 0.15) is 29.0 Å². The molecule has 1 N–H and O–H groups in total. The number of hydrogen-bond acceptors (Lipinski definition) is 3. The van der Waals surface area contributed by atoms with Gasteiger partial charge in [-0.3, -0.25) is 4.79 Å². The molecule has 1 amide bonds. The molecule has 0 aliphatic heterocycles. The third-order valence-corrected chi connectivity index (χ3v) is 5.04. The van der Waals surface area contributed by atoms with E-state index in [1.807, 2.05) is 80.1 Å². The number of benzene rings is 2. The summed E-state index contributed by atoms with van der Waals surface area (Å²) in [5, 5.41) is 3.06. The van der Waals surface area contributed by atoms with E-state index >= 15 is 0 Å². The van der Waals surface area contributed by atoms with E-state index in [4.69, 9.17) is 4.99 Å². The van der Waals surface area contributed by atoms with Gasteiger partial charge in [0.05, 0.1) is 12.5 Å². The minimum atomic E-state index is -0.0276. The summed E-state index contributed by atoms with van der Waals surface area (Å²) in [4.78, 5) is 19.2. The molecular weight excluding hydrogens is 515 g/mol. The van der Waals surface area contributed by atoms with Gasteiger partial charge in [0.2, 0.25) is 5.91 Å². The van der Waals surface area contributed by atoms with Crippen molar-refractivity contribution in [3.63, 3.8) is 0 Å². The number of carbonyl (C=O) groups excluding carboxylic acids is 1. The van der Waals surface area contributed by atoms with Gasteiger partial charge in [-0.25, -0.2) is 11.3 Å². The molecule has 1 aromatic heterocycles. The van der Waals surface area contributed by atoms with Crippen LogP contribution in [-0.2, 0) is 18.3 Å².